The molecule has 3 aromatic rings. The van der Waals surface area contributed by atoms with Gasteiger partial charge in [0.1, 0.15) is 5.25 Å². The highest BCUT2D eigenvalue weighted by Gasteiger charge is 2.24. The van der Waals surface area contributed by atoms with Crippen LogP contribution in [0, 0.1) is 0 Å². The predicted octanol–water partition coefficient (Wildman–Crippen LogP) is 1.50. The minimum Gasteiger partial charge on any atom is -0.271 e. The zero-order valence-corrected chi connectivity index (χ0v) is 14.8. The van der Waals surface area contributed by atoms with E-state index in [1.807, 2.05) is 23.6 Å². The molecular weight excluding hydrogens is 374 g/mol. The molecule has 3 rings (SSSR count). The van der Waals surface area contributed by atoms with E-state index in [4.69, 9.17) is 0 Å². The van der Waals surface area contributed by atoms with E-state index in [1.54, 1.807) is 30.5 Å². The molecule has 0 spiro atoms. The average molecular weight is 387 g/mol. The molecule has 1 atom stereocenters. The fraction of sp³-hybridized carbons (Fsp3) is 0.0625. The molecule has 0 saturated carbocycles. The number of nitrogens with zero attached hydrogens (tertiary/aromatic N) is 2. The summed E-state index contributed by atoms with van der Waals surface area (Å²) in [4.78, 5) is 38.6. The Morgan fingerprint density at radius 3 is 2.73 bits per heavy atom. The predicted molar refractivity (Wildman–Crippen MR) is 101 cm³/mol. The van der Waals surface area contributed by atoms with Crippen LogP contribution in [-0.4, -0.2) is 27.3 Å². The molecule has 0 aliphatic rings. The molecule has 0 aliphatic heterocycles. The number of hydrogen-bond acceptors (Lipinski definition) is 7. The van der Waals surface area contributed by atoms with Gasteiger partial charge in [-0.2, -0.15) is 10.2 Å². The normalized spacial score (nSPS) is 12.2. The van der Waals surface area contributed by atoms with Crippen LogP contribution in [-0.2, 0) is 4.79 Å². The van der Waals surface area contributed by atoms with E-state index in [2.05, 4.69) is 25.7 Å². The minimum atomic E-state index is -0.767. The number of thiophene rings is 1. The van der Waals surface area contributed by atoms with E-state index in [0.29, 0.717) is 5.56 Å². The number of hydrogen-bond donors (Lipinski definition) is 3. The molecular formula is C16H13N5O3S2. The molecule has 2 heterocycles. The van der Waals surface area contributed by atoms with Gasteiger partial charge in [-0.15, -0.1) is 11.3 Å². The zero-order valence-electron chi connectivity index (χ0n) is 13.2. The fourth-order valence-electron chi connectivity index (χ4n) is 2.01. The largest absolute Gasteiger partial charge is 0.342 e. The first-order valence-corrected chi connectivity index (χ1v) is 9.16. The van der Waals surface area contributed by atoms with Crippen molar-refractivity contribution in [2.24, 2.45) is 5.10 Å². The van der Waals surface area contributed by atoms with Gasteiger partial charge < -0.3 is 0 Å². The van der Waals surface area contributed by atoms with Gasteiger partial charge in [-0.3, -0.25) is 14.6 Å². The molecule has 0 bridgehead atoms. The maximum Gasteiger partial charge on any atom is 0.342 e. The summed E-state index contributed by atoms with van der Waals surface area (Å²) >= 11 is 2.42. The molecule has 0 aliphatic carbocycles. The van der Waals surface area contributed by atoms with Crippen LogP contribution in [0.4, 0.5) is 0 Å². The number of rotatable bonds is 6. The Balaban J connectivity index is 1.82. The van der Waals surface area contributed by atoms with Gasteiger partial charge in [-0.25, -0.2) is 15.3 Å². The van der Waals surface area contributed by atoms with Crippen LogP contribution in [0.5, 0.6) is 0 Å². The van der Waals surface area contributed by atoms with Crippen LogP contribution in [0.3, 0.4) is 0 Å². The maximum atomic E-state index is 12.6. The van der Waals surface area contributed by atoms with Crippen molar-refractivity contribution in [2.75, 3.05) is 0 Å². The van der Waals surface area contributed by atoms with Gasteiger partial charge in [0.05, 0.1) is 6.21 Å². The number of amides is 1. The van der Waals surface area contributed by atoms with Crippen LogP contribution < -0.4 is 16.7 Å². The molecule has 0 radical (unpaired) electrons. The van der Waals surface area contributed by atoms with Gasteiger partial charge in [0.2, 0.25) is 0 Å². The second kappa shape index (κ2) is 8.41. The van der Waals surface area contributed by atoms with E-state index in [1.165, 1.54) is 11.3 Å². The van der Waals surface area contributed by atoms with Crippen LogP contribution in [0.25, 0.3) is 0 Å². The lowest BCUT2D eigenvalue weighted by Gasteiger charge is -2.14. The number of thioether (sulfide) groups is 1. The lowest BCUT2D eigenvalue weighted by atomic mass is 10.1. The Morgan fingerprint density at radius 1 is 1.23 bits per heavy atom. The third kappa shape index (κ3) is 4.55. The van der Waals surface area contributed by atoms with Crippen molar-refractivity contribution in [3.05, 3.63) is 79.1 Å². The van der Waals surface area contributed by atoms with E-state index in [9.17, 15) is 14.4 Å². The minimum absolute atomic E-state index is 0.0177. The summed E-state index contributed by atoms with van der Waals surface area (Å²) in [5.41, 5.74) is 1.78. The number of aromatic amines is 2. The Kier molecular flexibility index (Phi) is 5.77. The quantitative estimate of drug-likeness (QED) is 0.336. The molecule has 0 fully saturated rings. The monoisotopic (exact) mass is 387 g/mol. The Hall–Kier alpha value is -2.98. The SMILES string of the molecule is O=C(N/N=C\c1cccs1)C(Sc1n[nH]c(=O)[nH]c1=O)c1ccccc1. The van der Waals surface area contributed by atoms with Gasteiger partial charge in [0.25, 0.3) is 11.5 Å². The smallest absolute Gasteiger partial charge is 0.271 e. The lowest BCUT2D eigenvalue weighted by molar-refractivity contribution is -0.120. The summed E-state index contributed by atoms with van der Waals surface area (Å²) in [6.45, 7) is 0. The molecule has 8 nitrogen and oxygen atoms in total. The maximum absolute atomic E-state index is 12.6. The van der Waals surface area contributed by atoms with Crippen molar-refractivity contribution in [3.63, 3.8) is 0 Å². The number of carbonyl (C=O) groups excluding carboxylic acids is 1. The third-order valence-corrected chi connectivity index (χ3v) is 5.19. The fourth-order valence-corrected chi connectivity index (χ4v) is 3.53. The summed E-state index contributed by atoms with van der Waals surface area (Å²) in [6, 6.07) is 12.7. The van der Waals surface area contributed by atoms with E-state index in [0.717, 1.165) is 16.6 Å². The van der Waals surface area contributed by atoms with Gasteiger partial charge in [-0.1, -0.05) is 48.2 Å². The number of nitrogens with one attached hydrogen (secondary N) is 3. The number of H-pyrrole nitrogens is 2. The molecule has 26 heavy (non-hydrogen) atoms. The molecule has 1 unspecified atom stereocenters. The van der Waals surface area contributed by atoms with Crippen LogP contribution >= 0.6 is 23.1 Å². The van der Waals surface area contributed by atoms with E-state index >= 15 is 0 Å². The Morgan fingerprint density at radius 2 is 2.04 bits per heavy atom. The summed E-state index contributed by atoms with van der Waals surface area (Å²) in [6.07, 6.45) is 1.54. The molecule has 3 N–H and O–H groups in total. The summed E-state index contributed by atoms with van der Waals surface area (Å²) in [7, 11) is 0. The highest BCUT2D eigenvalue weighted by molar-refractivity contribution is 8.00. The molecule has 0 saturated heterocycles. The zero-order chi connectivity index (χ0) is 18.4. The van der Waals surface area contributed by atoms with E-state index < -0.39 is 22.4 Å². The van der Waals surface area contributed by atoms with Crippen LogP contribution in [0.1, 0.15) is 15.7 Å². The number of hydrazone groups is 1. The number of carbonyl (C=O) groups is 1. The Bertz CT molecular complexity index is 1010. The van der Waals surface area contributed by atoms with Crippen LogP contribution in [0.15, 0.2) is 67.6 Å². The van der Waals surface area contributed by atoms with Crippen LogP contribution in [0.2, 0.25) is 0 Å². The molecule has 10 heteroatoms. The average Bonchev–Trinajstić information content (AvgIpc) is 3.15. The topological polar surface area (TPSA) is 120 Å². The van der Waals surface area contributed by atoms with Crippen molar-refractivity contribution in [3.8, 4) is 0 Å². The summed E-state index contributed by atoms with van der Waals surface area (Å²) in [5.74, 6) is -0.415. The second-order valence-electron chi connectivity index (χ2n) is 4.97. The summed E-state index contributed by atoms with van der Waals surface area (Å²) in [5, 5.41) is 10.9. The molecule has 1 amide bonds. The lowest BCUT2D eigenvalue weighted by Crippen LogP contribution is -2.28. The highest BCUT2D eigenvalue weighted by Crippen LogP contribution is 2.32. The third-order valence-electron chi connectivity index (χ3n) is 3.16. The summed E-state index contributed by atoms with van der Waals surface area (Å²) < 4.78 is 0. The van der Waals surface area contributed by atoms with Gasteiger partial charge in [-0.05, 0) is 17.0 Å². The molecule has 2 aromatic heterocycles. The van der Waals surface area contributed by atoms with Crippen molar-refractivity contribution in [1.29, 1.82) is 0 Å². The number of aromatic nitrogens is 3. The first kappa shape index (κ1) is 17.8. The van der Waals surface area contributed by atoms with Gasteiger partial charge >= 0.3 is 5.69 Å². The second-order valence-corrected chi connectivity index (χ2v) is 7.04. The first-order chi connectivity index (χ1) is 12.6. The van der Waals surface area contributed by atoms with E-state index in [-0.39, 0.29) is 5.03 Å². The van der Waals surface area contributed by atoms with Gasteiger partial charge in [0.15, 0.2) is 5.03 Å². The molecule has 132 valence electrons. The molecule has 1 aromatic carbocycles. The first-order valence-electron chi connectivity index (χ1n) is 7.40. The van der Waals surface area contributed by atoms with Crippen molar-refractivity contribution in [2.45, 2.75) is 10.3 Å². The van der Waals surface area contributed by atoms with Crippen molar-refractivity contribution in [1.82, 2.24) is 20.6 Å². The standard InChI is InChI=1S/C16H13N5O3S2/c22-13(19-17-9-11-7-4-8-25-11)12(10-5-2-1-3-6-10)26-15-14(23)18-16(24)21-20-15/h1-9,12H,(H,19,22)(H2,18,21,23,24)/b17-9-. The highest BCUT2D eigenvalue weighted by atomic mass is 32.2. The Labute approximate surface area is 155 Å². The number of benzene rings is 1. The van der Waals surface area contributed by atoms with Crippen molar-refractivity contribution < 1.29 is 4.79 Å². The van der Waals surface area contributed by atoms with Gasteiger partial charge in [0, 0.05) is 4.88 Å². The van der Waals surface area contributed by atoms with Crippen molar-refractivity contribution >= 4 is 35.2 Å².